The molecule has 8 heteroatoms. The highest BCUT2D eigenvalue weighted by Gasteiger charge is 2.27. The lowest BCUT2D eigenvalue weighted by Crippen LogP contribution is -2.55. The van der Waals surface area contributed by atoms with Gasteiger partial charge in [0.05, 0.1) is 20.1 Å². The van der Waals surface area contributed by atoms with Gasteiger partial charge in [-0.15, -0.1) is 0 Å². The van der Waals surface area contributed by atoms with Crippen LogP contribution in [0, 0.1) is 0 Å². The summed E-state index contributed by atoms with van der Waals surface area (Å²) in [6.07, 6.45) is 1.47. The summed E-state index contributed by atoms with van der Waals surface area (Å²) in [6, 6.07) is 6.30. The first kappa shape index (κ1) is 24.0. The molecule has 31 heavy (non-hydrogen) atoms. The molecule has 2 heterocycles. The Morgan fingerprint density at radius 2 is 1.61 bits per heavy atom. The number of nitrogens with zero attached hydrogens (tertiary/aromatic N) is 4. The van der Waals surface area contributed by atoms with Crippen LogP contribution in [0.3, 0.4) is 0 Å². The monoisotopic (exact) mass is 494 g/mol. The van der Waals surface area contributed by atoms with Gasteiger partial charge in [-0.05, 0) is 31.5 Å². The number of amides is 2. The molecule has 3 rings (SSSR count). The Kier molecular flexibility index (Phi) is 8.75. The number of methoxy groups -OCH3 is 1. The van der Waals surface area contributed by atoms with Gasteiger partial charge in [-0.3, -0.25) is 19.4 Å². The molecule has 2 amide bonds. The van der Waals surface area contributed by atoms with Crippen molar-refractivity contribution in [3.63, 3.8) is 0 Å². The number of benzene rings is 1. The number of halogens is 1. The molecule has 0 spiro atoms. The third kappa shape index (κ3) is 6.43. The molecule has 1 aromatic rings. The topological polar surface area (TPSA) is 56.3 Å². The lowest BCUT2D eigenvalue weighted by Gasteiger charge is -2.39. The van der Waals surface area contributed by atoms with Crippen LogP contribution in [0.1, 0.15) is 25.8 Å². The zero-order chi connectivity index (χ0) is 22.4. The predicted octanol–water partition coefficient (Wildman–Crippen LogP) is 2.09. The molecule has 1 unspecified atom stereocenters. The third-order valence-corrected chi connectivity index (χ3v) is 7.04. The van der Waals surface area contributed by atoms with Gasteiger partial charge in [0.25, 0.3) is 0 Å². The Labute approximate surface area is 194 Å². The van der Waals surface area contributed by atoms with Crippen LogP contribution in [-0.4, -0.2) is 103 Å². The normalized spacial score (nSPS) is 19.4. The van der Waals surface area contributed by atoms with Crippen LogP contribution in [0.4, 0.5) is 0 Å². The van der Waals surface area contributed by atoms with Gasteiger partial charge in [-0.1, -0.05) is 22.9 Å². The predicted molar refractivity (Wildman–Crippen MR) is 125 cm³/mol. The minimum atomic E-state index is 0.101. The molecule has 2 aliphatic rings. The molecule has 0 bridgehead atoms. The maximum Gasteiger partial charge on any atom is 0.236 e. The Balaban J connectivity index is 1.43. The van der Waals surface area contributed by atoms with Gasteiger partial charge < -0.3 is 14.5 Å². The number of hydrogen-bond acceptors (Lipinski definition) is 5. The number of piperazine rings is 2. The van der Waals surface area contributed by atoms with Gasteiger partial charge in [0, 0.05) is 68.4 Å². The average molecular weight is 495 g/mol. The third-order valence-electron chi connectivity index (χ3n) is 6.55. The summed E-state index contributed by atoms with van der Waals surface area (Å²) in [5, 5.41) is 0. The number of hydrogen-bond donors (Lipinski definition) is 0. The van der Waals surface area contributed by atoms with Crippen molar-refractivity contribution >= 4 is 27.7 Å². The highest BCUT2D eigenvalue weighted by atomic mass is 79.9. The van der Waals surface area contributed by atoms with Gasteiger partial charge in [0.15, 0.2) is 0 Å². The molecule has 1 atom stereocenters. The smallest absolute Gasteiger partial charge is 0.236 e. The van der Waals surface area contributed by atoms with E-state index in [2.05, 4.69) is 39.6 Å². The Morgan fingerprint density at radius 1 is 1.00 bits per heavy atom. The first-order valence-electron chi connectivity index (χ1n) is 11.3. The van der Waals surface area contributed by atoms with Crippen molar-refractivity contribution in [2.24, 2.45) is 0 Å². The summed E-state index contributed by atoms with van der Waals surface area (Å²) in [5.41, 5.74) is 0.885. The first-order valence-corrected chi connectivity index (χ1v) is 12.0. The molecule has 0 saturated carbocycles. The second-order valence-electron chi connectivity index (χ2n) is 8.46. The van der Waals surface area contributed by atoms with E-state index in [0.29, 0.717) is 32.1 Å². The fraction of sp³-hybridized carbons (Fsp3) is 0.652. The van der Waals surface area contributed by atoms with Crippen molar-refractivity contribution in [1.82, 2.24) is 19.6 Å². The van der Waals surface area contributed by atoms with Gasteiger partial charge in [0.2, 0.25) is 11.8 Å². The van der Waals surface area contributed by atoms with E-state index in [1.807, 2.05) is 28.0 Å². The maximum absolute atomic E-state index is 12.8. The molecular weight excluding hydrogens is 460 g/mol. The molecule has 0 aliphatic carbocycles. The number of carbonyl (C=O) groups excluding carboxylic acids is 2. The number of carbonyl (C=O) groups is 2. The second-order valence-corrected chi connectivity index (χ2v) is 9.38. The fourth-order valence-corrected chi connectivity index (χ4v) is 4.69. The lowest BCUT2D eigenvalue weighted by atomic mass is 10.1. The van der Waals surface area contributed by atoms with Crippen molar-refractivity contribution in [3.8, 4) is 5.75 Å². The molecule has 1 aromatic carbocycles. The quantitative estimate of drug-likeness (QED) is 0.580. The summed E-state index contributed by atoms with van der Waals surface area (Å²) in [6.45, 7) is 11.3. The van der Waals surface area contributed by atoms with Crippen molar-refractivity contribution in [2.45, 2.75) is 32.7 Å². The standard InChI is InChI=1S/C23H35BrN4O3/c1-4-18(2)26-11-13-28(14-12-26)23(30)17-25-7-9-27(10-8-25)22(29)16-19-15-20(24)5-6-21(19)31-3/h5-6,15,18H,4,7-14,16-17H2,1-3H3. The molecule has 0 aromatic heterocycles. The summed E-state index contributed by atoms with van der Waals surface area (Å²) < 4.78 is 6.32. The fourth-order valence-electron chi connectivity index (χ4n) is 4.28. The SMILES string of the molecule is CCC(C)N1CCN(C(=O)CN2CCN(C(=O)Cc3cc(Br)ccc3OC)CC2)CC1. The second kappa shape index (κ2) is 11.3. The van der Waals surface area contributed by atoms with Crippen LogP contribution < -0.4 is 4.74 Å². The zero-order valence-electron chi connectivity index (χ0n) is 19.0. The highest BCUT2D eigenvalue weighted by Crippen LogP contribution is 2.24. The number of rotatable bonds is 7. The van der Waals surface area contributed by atoms with Crippen LogP contribution in [0.5, 0.6) is 5.75 Å². The lowest BCUT2D eigenvalue weighted by molar-refractivity contribution is -0.136. The summed E-state index contributed by atoms with van der Waals surface area (Å²) in [4.78, 5) is 34.1. The number of ether oxygens (including phenoxy) is 1. The van der Waals surface area contributed by atoms with Crippen LogP contribution in [0.2, 0.25) is 0 Å². The average Bonchev–Trinajstić information content (AvgIpc) is 2.79. The highest BCUT2D eigenvalue weighted by molar-refractivity contribution is 9.10. The van der Waals surface area contributed by atoms with Crippen LogP contribution in [-0.2, 0) is 16.0 Å². The molecular formula is C23H35BrN4O3. The van der Waals surface area contributed by atoms with Crippen LogP contribution >= 0.6 is 15.9 Å². The van der Waals surface area contributed by atoms with Gasteiger partial charge in [-0.25, -0.2) is 0 Å². The Hall–Kier alpha value is -1.64. The van der Waals surface area contributed by atoms with E-state index in [-0.39, 0.29) is 11.8 Å². The van der Waals surface area contributed by atoms with Crippen LogP contribution in [0.15, 0.2) is 22.7 Å². The molecule has 2 saturated heterocycles. The first-order chi connectivity index (χ1) is 14.9. The van der Waals surface area contributed by atoms with Crippen molar-refractivity contribution in [1.29, 1.82) is 0 Å². The largest absolute Gasteiger partial charge is 0.496 e. The van der Waals surface area contributed by atoms with Crippen molar-refractivity contribution < 1.29 is 14.3 Å². The van der Waals surface area contributed by atoms with E-state index in [1.165, 1.54) is 0 Å². The van der Waals surface area contributed by atoms with E-state index in [4.69, 9.17) is 4.74 Å². The van der Waals surface area contributed by atoms with E-state index in [9.17, 15) is 9.59 Å². The summed E-state index contributed by atoms with van der Waals surface area (Å²) >= 11 is 3.46. The van der Waals surface area contributed by atoms with Crippen LogP contribution in [0.25, 0.3) is 0 Å². The van der Waals surface area contributed by atoms with Gasteiger partial charge in [0.1, 0.15) is 5.75 Å². The summed E-state index contributed by atoms with van der Waals surface area (Å²) in [7, 11) is 1.62. The Bertz CT molecular complexity index is 759. The molecule has 2 aliphatic heterocycles. The molecule has 172 valence electrons. The van der Waals surface area contributed by atoms with E-state index in [0.717, 1.165) is 61.5 Å². The van der Waals surface area contributed by atoms with Crippen molar-refractivity contribution in [3.05, 3.63) is 28.2 Å². The van der Waals surface area contributed by atoms with E-state index >= 15 is 0 Å². The van der Waals surface area contributed by atoms with E-state index < -0.39 is 0 Å². The van der Waals surface area contributed by atoms with Gasteiger partial charge >= 0.3 is 0 Å². The maximum atomic E-state index is 12.8. The van der Waals surface area contributed by atoms with Crippen molar-refractivity contribution in [2.75, 3.05) is 66.0 Å². The zero-order valence-corrected chi connectivity index (χ0v) is 20.6. The minimum Gasteiger partial charge on any atom is -0.496 e. The molecule has 7 nitrogen and oxygen atoms in total. The molecule has 0 radical (unpaired) electrons. The molecule has 0 N–H and O–H groups in total. The van der Waals surface area contributed by atoms with E-state index in [1.54, 1.807) is 7.11 Å². The Morgan fingerprint density at radius 3 is 2.23 bits per heavy atom. The van der Waals surface area contributed by atoms with Gasteiger partial charge in [-0.2, -0.15) is 0 Å². The molecule has 2 fully saturated rings. The minimum absolute atomic E-state index is 0.101. The summed E-state index contributed by atoms with van der Waals surface area (Å²) in [5.74, 6) is 1.04.